The van der Waals surface area contributed by atoms with Gasteiger partial charge in [-0.15, -0.1) is 0 Å². The molecule has 2 atom stereocenters. The second kappa shape index (κ2) is 13.3. The average molecular weight is 604 g/mol. The molecular weight excluding hydrogens is 558 g/mol. The van der Waals surface area contributed by atoms with Gasteiger partial charge in [-0.05, 0) is 68.5 Å². The summed E-state index contributed by atoms with van der Waals surface area (Å²) in [5.74, 6) is 1.68. The summed E-state index contributed by atoms with van der Waals surface area (Å²) in [5.41, 5.74) is 3.13. The molecule has 4 rings (SSSR count). The van der Waals surface area contributed by atoms with Crippen LogP contribution in [0.25, 0.3) is 0 Å². The first-order chi connectivity index (χ1) is 20.3. The van der Waals surface area contributed by atoms with Gasteiger partial charge in [-0.3, -0.25) is 19.3 Å². The third kappa shape index (κ3) is 8.25. The molecule has 2 amide bonds. The van der Waals surface area contributed by atoms with E-state index in [-0.39, 0.29) is 28.8 Å². The molecule has 0 saturated carbocycles. The molecule has 10 heteroatoms. The van der Waals surface area contributed by atoms with Gasteiger partial charge in [0.15, 0.2) is 0 Å². The highest BCUT2D eigenvalue weighted by Crippen LogP contribution is 2.38. The standard InChI is InChI=1S/C33H45N7O2S/c1-9-25(26-15-13-23(19-35-26)18-34-22(3)41)36-28-11-10-12-29(38-28)43-39-31(42)24-14-16-27(32(4,5)6)37-30(24)40-20-21(2)17-33(40,7)8/h10-16,19,21,25H,9,17-18,20H2,1-8H3,(H,34,41)(H,36,38)(H,39,42). The molecule has 43 heavy (non-hydrogen) atoms. The SMILES string of the molecule is CCC(Nc1cccc(SNC(=O)c2ccc(C(C)(C)C)nc2N2CC(C)CC2(C)C)n1)c1ccc(CNC(C)=O)cn1. The summed E-state index contributed by atoms with van der Waals surface area (Å²) in [7, 11) is 0. The Hall–Kier alpha value is -3.66. The van der Waals surface area contributed by atoms with Crippen molar-refractivity contribution in [1.29, 1.82) is 0 Å². The second-order valence-electron chi connectivity index (χ2n) is 13.1. The molecular formula is C33H45N7O2S. The van der Waals surface area contributed by atoms with Crippen LogP contribution in [0.4, 0.5) is 11.6 Å². The summed E-state index contributed by atoms with van der Waals surface area (Å²) in [6.45, 7) is 18.0. The lowest BCUT2D eigenvalue weighted by molar-refractivity contribution is -0.119. The van der Waals surface area contributed by atoms with Crippen LogP contribution in [0.15, 0.2) is 53.7 Å². The summed E-state index contributed by atoms with van der Waals surface area (Å²) in [6, 6.07) is 13.5. The normalized spacial score (nSPS) is 16.9. The Labute approximate surface area is 260 Å². The number of nitrogens with zero attached hydrogens (tertiary/aromatic N) is 4. The van der Waals surface area contributed by atoms with E-state index in [1.807, 2.05) is 42.5 Å². The number of carbonyl (C=O) groups excluding carboxylic acids is 2. The third-order valence-electron chi connectivity index (χ3n) is 7.67. The van der Waals surface area contributed by atoms with Crippen LogP contribution in [-0.2, 0) is 16.8 Å². The maximum Gasteiger partial charge on any atom is 0.265 e. The van der Waals surface area contributed by atoms with Crippen LogP contribution in [-0.4, -0.2) is 38.8 Å². The molecule has 230 valence electrons. The average Bonchev–Trinajstić information content (AvgIpc) is 3.24. The van der Waals surface area contributed by atoms with E-state index in [1.54, 1.807) is 6.20 Å². The van der Waals surface area contributed by atoms with Crippen LogP contribution in [0.5, 0.6) is 0 Å². The van der Waals surface area contributed by atoms with E-state index in [0.29, 0.717) is 28.9 Å². The van der Waals surface area contributed by atoms with Gasteiger partial charge in [0, 0.05) is 54.8 Å². The van der Waals surface area contributed by atoms with E-state index in [2.05, 4.69) is 73.7 Å². The molecule has 3 N–H and O–H groups in total. The van der Waals surface area contributed by atoms with Crippen LogP contribution >= 0.6 is 11.9 Å². The number of hydrogen-bond acceptors (Lipinski definition) is 8. The zero-order valence-corrected chi connectivity index (χ0v) is 27.4. The molecule has 0 bridgehead atoms. The molecule has 4 heterocycles. The maximum atomic E-state index is 13.6. The fraction of sp³-hybridized carbons (Fsp3) is 0.485. The first kappa shape index (κ1) is 32.3. The van der Waals surface area contributed by atoms with Crippen molar-refractivity contribution < 1.29 is 9.59 Å². The van der Waals surface area contributed by atoms with Crippen molar-refractivity contribution in [2.75, 3.05) is 16.8 Å². The van der Waals surface area contributed by atoms with E-state index < -0.39 is 0 Å². The summed E-state index contributed by atoms with van der Waals surface area (Å²) in [5, 5.41) is 6.93. The molecule has 0 aromatic carbocycles. The van der Waals surface area contributed by atoms with Gasteiger partial charge >= 0.3 is 0 Å². The van der Waals surface area contributed by atoms with Crippen molar-refractivity contribution in [2.24, 2.45) is 5.92 Å². The zero-order valence-electron chi connectivity index (χ0n) is 26.6. The van der Waals surface area contributed by atoms with Gasteiger partial charge in [0.05, 0.1) is 17.3 Å². The van der Waals surface area contributed by atoms with E-state index in [4.69, 9.17) is 9.97 Å². The molecule has 3 aromatic rings. The monoisotopic (exact) mass is 603 g/mol. The van der Waals surface area contributed by atoms with Crippen molar-refractivity contribution >= 4 is 35.4 Å². The number of hydrogen-bond donors (Lipinski definition) is 3. The highest BCUT2D eigenvalue weighted by atomic mass is 32.2. The van der Waals surface area contributed by atoms with Gasteiger partial charge in [-0.1, -0.05) is 46.8 Å². The molecule has 1 aliphatic heterocycles. The Balaban J connectivity index is 1.47. The molecule has 0 radical (unpaired) electrons. The molecule has 0 spiro atoms. The van der Waals surface area contributed by atoms with Crippen LogP contribution in [0.2, 0.25) is 0 Å². The van der Waals surface area contributed by atoms with Crippen molar-refractivity contribution in [2.45, 2.75) is 96.8 Å². The highest BCUT2D eigenvalue weighted by Gasteiger charge is 2.39. The number of aromatic nitrogens is 3. The Bertz CT molecular complexity index is 1440. The minimum absolute atomic E-state index is 0.0432. The first-order valence-electron chi connectivity index (χ1n) is 15.0. The van der Waals surface area contributed by atoms with Crippen molar-refractivity contribution in [3.8, 4) is 0 Å². The zero-order chi connectivity index (χ0) is 31.4. The smallest absolute Gasteiger partial charge is 0.265 e. The Morgan fingerprint density at radius 1 is 1.12 bits per heavy atom. The Morgan fingerprint density at radius 3 is 2.49 bits per heavy atom. The minimum atomic E-state index is -0.196. The summed E-state index contributed by atoms with van der Waals surface area (Å²) < 4.78 is 3.01. The second-order valence-corrected chi connectivity index (χ2v) is 13.9. The summed E-state index contributed by atoms with van der Waals surface area (Å²) in [6.07, 6.45) is 3.63. The molecule has 0 aliphatic carbocycles. The van der Waals surface area contributed by atoms with E-state index >= 15 is 0 Å². The number of amides is 2. The maximum absolute atomic E-state index is 13.6. The van der Waals surface area contributed by atoms with Crippen LogP contribution in [0.1, 0.15) is 102 Å². The van der Waals surface area contributed by atoms with E-state index in [0.717, 1.165) is 42.2 Å². The first-order valence-corrected chi connectivity index (χ1v) is 15.8. The Kier molecular flexibility index (Phi) is 10.00. The van der Waals surface area contributed by atoms with Gasteiger partial charge in [0.1, 0.15) is 16.7 Å². The van der Waals surface area contributed by atoms with Crippen LogP contribution in [0.3, 0.4) is 0 Å². The highest BCUT2D eigenvalue weighted by molar-refractivity contribution is 7.97. The quantitative estimate of drug-likeness (QED) is 0.227. The lowest BCUT2D eigenvalue weighted by Gasteiger charge is -2.34. The topological polar surface area (TPSA) is 112 Å². The molecule has 1 aliphatic rings. The van der Waals surface area contributed by atoms with Crippen LogP contribution in [0, 0.1) is 5.92 Å². The van der Waals surface area contributed by atoms with Gasteiger partial charge in [-0.25, -0.2) is 9.97 Å². The molecule has 2 unspecified atom stereocenters. The molecule has 1 fully saturated rings. The lowest BCUT2D eigenvalue weighted by atomic mass is 9.91. The van der Waals surface area contributed by atoms with Crippen molar-refractivity contribution in [3.63, 3.8) is 0 Å². The third-order valence-corrected chi connectivity index (χ3v) is 8.39. The number of rotatable bonds is 10. The Morgan fingerprint density at radius 2 is 1.88 bits per heavy atom. The predicted octanol–water partition coefficient (Wildman–Crippen LogP) is 6.43. The van der Waals surface area contributed by atoms with Gasteiger partial charge in [0.2, 0.25) is 5.91 Å². The number of carbonyl (C=O) groups is 2. The largest absolute Gasteiger partial charge is 0.362 e. The van der Waals surface area contributed by atoms with Gasteiger partial charge in [0.25, 0.3) is 5.91 Å². The number of anilines is 2. The van der Waals surface area contributed by atoms with E-state index in [9.17, 15) is 9.59 Å². The van der Waals surface area contributed by atoms with Crippen LogP contribution < -0.4 is 20.3 Å². The van der Waals surface area contributed by atoms with Gasteiger partial charge < -0.3 is 15.5 Å². The fourth-order valence-electron chi connectivity index (χ4n) is 5.45. The molecule has 9 nitrogen and oxygen atoms in total. The summed E-state index contributed by atoms with van der Waals surface area (Å²) in [4.78, 5) is 41.5. The van der Waals surface area contributed by atoms with Crippen molar-refractivity contribution in [1.82, 2.24) is 25.0 Å². The van der Waals surface area contributed by atoms with E-state index in [1.165, 1.54) is 18.9 Å². The number of pyridine rings is 3. The molecule has 1 saturated heterocycles. The fourth-order valence-corrected chi connectivity index (χ4v) is 6.05. The predicted molar refractivity (Wildman–Crippen MR) is 174 cm³/mol. The minimum Gasteiger partial charge on any atom is -0.362 e. The van der Waals surface area contributed by atoms with Gasteiger partial charge in [-0.2, -0.15) is 0 Å². The summed E-state index contributed by atoms with van der Waals surface area (Å²) >= 11 is 1.19. The van der Waals surface area contributed by atoms with Crippen molar-refractivity contribution in [3.05, 3.63) is 71.2 Å². The molecule has 3 aromatic heterocycles. The lowest BCUT2D eigenvalue weighted by Crippen LogP contribution is -2.40. The number of nitrogens with one attached hydrogen (secondary N) is 3.